The van der Waals surface area contributed by atoms with Crippen LogP contribution in [0.5, 0.6) is 0 Å². The largest absolute Gasteiger partial charge is 0.419 e. The Balaban J connectivity index is 0.884. The van der Waals surface area contributed by atoms with E-state index in [2.05, 4.69) is 39.5 Å². The van der Waals surface area contributed by atoms with Crippen LogP contribution >= 0.6 is 12.2 Å². The number of pyridine rings is 1. The number of aromatic nitrogens is 3. The third kappa shape index (κ3) is 8.28. The van der Waals surface area contributed by atoms with Crippen LogP contribution in [0.2, 0.25) is 0 Å². The van der Waals surface area contributed by atoms with Gasteiger partial charge >= 0.3 is 12.2 Å². The summed E-state index contributed by atoms with van der Waals surface area (Å²) >= 11 is 5.74. The number of nitriles is 1. The molecule has 5 heterocycles. The Bertz CT molecular complexity index is 2240. The SMILES string of the molecule is C[C@@H]1CC(OCC[C@H]2CC[C@H](N3C(=S)N(c4cnc(C#N)c(C(F)(F)F)c4)C(=O)C3(C)C)CC2)C[C@H](C)N1CC(=O)Nc1cccc2c(N3CCC(=O)NC3=O)nn(C)c12. The molecule has 7 rings (SSSR count). The molecular weight excluding hydrogens is 802 g/mol. The van der Waals surface area contributed by atoms with Gasteiger partial charge in [0.15, 0.2) is 16.6 Å². The van der Waals surface area contributed by atoms with E-state index >= 15 is 0 Å². The fourth-order valence-corrected chi connectivity index (χ4v) is 9.94. The minimum Gasteiger partial charge on any atom is -0.378 e. The van der Waals surface area contributed by atoms with Gasteiger partial charge in [-0.2, -0.15) is 23.5 Å². The average molecular weight is 851 g/mol. The number of aryl methyl sites for hydroxylation is 1. The predicted molar refractivity (Wildman–Crippen MR) is 220 cm³/mol. The molecule has 1 aliphatic carbocycles. The Morgan fingerprint density at radius 3 is 2.47 bits per heavy atom. The summed E-state index contributed by atoms with van der Waals surface area (Å²) in [5.74, 6) is -0.118. The molecule has 0 bridgehead atoms. The number of thiocarbonyl (C=S) groups is 1. The van der Waals surface area contributed by atoms with E-state index in [9.17, 15) is 37.6 Å². The first kappa shape index (κ1) is 42.9. The van der Waals surface area contributed by atoms with E-state index in [1.807, 2.05) is 11.0 Å². The van der Waals surface area contributed by atoms with Crippen molar-refractivity contribution in [1.82, 2.24) is 29.9 Å². The van der Waals surface area contributed by atoms with Gasteiger partial charge in [0.25, 0.3) is 5.91 Å². The van der Waals surface area contributed by atoms with Gasteiger partial charge in [-0.1, -0.05) is 6.07 Å². The number of likely N-dealkylation sites (tertiary alicyclic amines) is 1. The standard InChI is InChI=1S/C41H49F3N10O5S/c1-23-17-28(18-24(2)52(23)22-34(56)47-31-8-6-7-29-35(31)50(5)49-36(29)51-15-13-33(55)48-38(51)58)59-16-14-25-9-11-26(12-10-25)54-39(60)53(37(57)40(54,3)4)27-19-30(41(42,43)44)32(20-45)46-21-27/h6-8,19,21,23-26,28H,9-18,22H2,1-5H3,(H,47,56)(H,48,55,58)/t23-,24+,25-,26-,28?. The zero-order chi connectivity index (χ0) is 43.3. The Kier molecular flexibility index (Phi) is 11.9. The van der Waals surface area contributed by atoms with Gasteiger partial charge in [0.05, 0.1) is 41.3 Å². The number of imide groups is 1. The number of alkyl halides is 3. The van der Waals surface area contributed by atoms with Crippen LogP contribution < -0.4 is 20.4 Å². The normalized spacial score (nSPS) is 25.2. The van der Waals surface area contributed by atoms with Crippen LogP contribution in [-0.4, -0.2) is 103 Å². The number of rotatable bonds is 10. The Morgan fingerprint density at radius 1 is 1.12 bits per heavy atom. The van der Waals surface area contributed by atoms with Crippen LogP contribution in [0.3, 0.4) is 0 Å². The van der Waals surface area contributed by atoms with Crippen molar-refractivity contribution in [2.45, 2.75) is 115 Å². The first-order valence-corrected chi connectivity index (χ1v) is 20.7. The minimum absolute atomic E-state index is 0.0453. The number of benzene rings is 1. The molecule has 2 aromatic heterocycles. The molecule has 0 spiro atoms. The van der Waals surface area contributed by atoms with E-state index in [1.54, 1.807) is 37.7 Å². The lowest BCUT2D eigenvalue weighted by molar-refractivity contribution is -0.138. The molecule has 5 amide bonds. The van der Waals surface area contributed by atoms with Gasteiger partial charge in [0.1, 0.15) is 11.6 Å². The average Bonchev–Trinajstić information content (AvgIpc) is 3.61. The van der Waals surface area contributed by atoms with Crippen LogP contribution in [0.15, 0.2) is 30.5 Å². The van der Waals surface area contributed by atoms with Crippen molar-refractivity contribution in [3.8, 4) is 6.07 Å². The number of anilines is 3. The molecule has 3 aliphatic heterocycles. The predicted octanol–water partition coefficient (Wildman–Crippen LogP) is 5.86. The fraction of sp³-hybridized carbons (Fsp3) is 0.561. The van der Waals surface area contributed by atoms with Gasteiger partial charge in [-0.25, -0.2) is 9.78 Å². The van der Waals surface area contributed by atoms with Crippen molar-refractivity contribution in [3.63, 3.8) is 0 Å². The Labute approximate surface area is 351 Å². The molecule has 19 heteroatoms. The monoisotopic (exact) mass is 850 g/mol. The fourth-order valence-electron chi connectivity index (χ4n) is 9.38. The maximum atomic E-state index is 13.7. The highest BCUT2D eigenvalue weighted by Gasteiger charge is 2.53. The molecule has 60 heavy (non-hydrogen) atoms. The lowest BCUT2D eigenvalue weighted by atomic mass is 9.82. The molecule has 2 N–H and O–H groups in total. The first-order valence-electron chi connectivity index (χ1n) is 20.3. The molecule has 1 saturated carbocycles. The number of carbonyl (C=O) groups excluding carboxylic acids is 4. The highest BCUT2D eigenvalue weighted by molar-refractivity contribution is 7.80. The number of fused-ring (bicyclic) bond motifs is 1. The maximum Gasteiger partial charge on any atom is 0.419 e. The van der Waals surface area contributed by atoms with Gasteiger partial charge < -0.3 is 15.0 Å². The summed E-state index contributed by atoms with van der Waals surface area (Å²) in [6.45, 7) is 8.66. The summed E-state index contributed by atoms with van der Waals surface area (Å²) in [4.78, 5) is 61.6. The third-order valence-electron chi connectivity index (χ3n) is 12.4. The highest BCUT2D eigenvalue weighted by Crippen LogP contribution is 2.41. The van der Waals surface area contributed by atoms with E-state index < -0.39 is 34.9 Å². The molecule has 4 aliphatic rings. The number of hydrogen-bond donors (Lipinski definition) is 2. The number of nitrogens with zero attached hydrogens (tertiary/aromatic N) is 8. The quantitative estimate of drug-likeness (QED) is 0.235. The van der Waals surface area contributed by atoms with Crippen molar-refractivity contribution in [2.75, 3.05) is 34.8 Å². The number of halogens is 3. The zero-order valence-corrected chi connectivity index (χ0v) is 35.0. The zero-order valence-electron chi connectivity index (χ0n) is 34.2. The van der Waals surface area contributed by atoms with E-state index in [0.29, 0.717) is 34.9 Å². The summed E-state index contributed by atoms with van der Waals surface area (Å²) in [7, 11) is 1.75. The van der Waals surface area contributed by atoms with E-state index in [1.165, 1.54) is 11.0 Å². The molecule has 4 fully saturated rings. The molecule has 3 saturated heterocycles. The van der Waals surface area contributed by atoms with E-state index in [4.69, 9.17) is 17.0 Å². The lowest BCUT2D eigenvalue weighted by Gasteiger charge is -2.42. The number of nitrogens with one attached hydrogen (secondary N) is 2. The first-order chi connectivity index (χ1) is 28.4. The van der Waals surface area contributed by atoms with Crippen molar-refractivity contribution in [3.05, 3.63) is 41.7 Å². The minimum atomic E-state index is -4.82. The summed E-state index contributed by atoms with van der Waals surface area (Å²) in [6.07, 6.45) is 2.19. The second kappa shape index (κ2) is 16.7. The molecule has 3 aromatic rings. The molecule has 15 nitrogen and oxygen atoms in total. The summed E-state index contributed by atoms with van der Waals surface area (Å²) in [5.41, 5.74) is -1.93. The highest BCUT2D eigenvalue weighted by atomic mass is 32.1. The molecule has 1 unspecified atom stereocenters. The van der Waals surface area contributed by atoms with Crippen LogP contribution in [0.4, 0.5) is 35.2 Å². The second-order valence-electron chi connectivity index (χ2n) is 16.8. The van der Waals surface area contributed by atoms with Crippen molar-refractivity contribution in [2.24, 2.45) is 13.0 Å². The van der Waals surface area contributed by atoms with Crippen molar-refractivity contribution in [1.29, 1.82) is 5.26 Å². The second-order valence-corrected chi connectivity index (χ2v) is 17.2. The number of piperidine rings is 1. The number of ether oxygens (including phenoxy) is 1. The molecular formula is C41H49F3N10O5S. The summed E-state index contributed by atoms with van der Waals surface area (Å²) < 4.78 is 49.2. The summed E-state index contributed by atoms with van der Waals surface area (Å²) in [6, 6.07) is 7.26. The van der Waals surface area contributed by atoms with Crippen LogP contribution in [-0.2, 0) is 32.3 Å². The van der Waals surface area contributed by atoms with Crippen LogP contribution in [0, 0.1) is 17.2 Å². The number of para-hydroxylation sites is 1. The topological polar surface area (TPSA) is 169 Å². The van der Waals surface area contributed by atoms with E-state index in [0.717, 1.165) is 62.1 Å². The van der Waals surface area contributed by atoms with Crippen LogP contribution in [0.25, 0.3) is 10.9 Å². The number of hydrogen-bond acceptors (Lipinski definition) is 10. The van der Waals surface area contributed by atoms with Crippen molar-refractivity contribution < 1.29 is 37.1 Å². The number of amides is 5. The number of urea groups is 1. The van der Waals surface area contributed by atoms with Crippen molar-refractivity contribution >= 4 is 69.2 Å². The molecule has 1 aromatic carbocycles. The Hall–Kier alpha value is -5.19. The third-order valence-corrected chi connectivity index (χ3v) is 12.8. The van der Waals surface area contributed by atoms with Gasteiger partial charge in [0.2, 0.25) is 11.8 Å². The Morgan fingerprint density at radius 2 is 1.82 bits per heavy atom. The molecule has 320 valence electrons. The number of carbonyl (C=O) groups is 4. The van der Waals surface area contributed by atoms with Gasteiger partial charge in [-0.15, -0.1) is 0 Å². The van der Waals surface area contributed by atoms with E-state index in [-0.39, 0.29) is 66.4 Å². The van der Waals surface area contributed by atoms with Gasteiger partial charge in [-0.3, -0.25) is 39.1 Å². The smallest absolute Gasteiger partial charge is 0.378 e. The van der Waals surface area contributed by atoms with Gasteiger partial charge in [-0.05, 0) is 109 Å². The van der Waals surface area contributed by atoms with Gasteiger partial charge in [0, 0.05) is 50.1 Å². The lowest BCUT2D eigenvalue weighted by Crippen LogP contribution is -2.51. The maximum absolute atomic E-state index is 13.7. The molecule has 3 atom stereocenters. The summed E-state index contributed by atoms with van der Waals surface area (Å²) in [5, 5.41) is 19.9. The molecule has 0 radical (unpaired) electrons. The van der Waals surface area contributed by atoms with Crippen LogP contribution in [0.1, 0.15) is 90.3 Å².